The Bertz CT molecular complexity index is 761. The van der Waals surface area contributed by atoms with Crippen LogP contribution in [0.15, 0.2) is 47.5 Å². The van der Waals surface area contributed by atoms with E-state index in [1.54, 1.807) is 19.2 Å². The highest BCUT2D eigenvalue weighted by Gasteiger charge is 2.44. The zero-order valence-electron chi connectivity index (χ0n) is 13.8. The summed E-state index contributed by atoms with van der Waals surface area (Å²) < 4.78 is 5.13. The molecule has 0 aromatic heterocycles. The maximum Gasteiger partial charge on any atom is 0.193 e. The van der Waals surface area contributed by atoms with Crippen LogP contribution in [0.5, 0.6) is 5.75 Å². The third kappa shape index (κ3) is 4.92. The maximum atomic E-state index is 6.11. The number of methoxy groups -OCH3 is 1. The van der Waals surface area contributed by atoms with Gasteiger partial charge < -0.3 is 15.8 Å². The van der Waals surface area contributed by atoms with E-state index in [2.05, 4.69) is 22.4 Å². The van der Waals surface area contributed by atoms with E-state index in [9.17, 15) is 0 Å². The fraction of sp³-hybridized carbons (Fsp3) is 0.278. The molecule has 3 N–H and O–H groups in total. The summed E-state index contributed by atoms with van der Waals surface area (Å²) in [7, 11) is 1.58. The average molecular weight is 492 g/mol. The molecule has 2 aromatic rings. The molecule has 1 aliphatic rings. The standard InChI is InChI=1S/C18H19Cl2N3O.HI/c1-24-16-7-6-14(10-15(16)20)23-17(21)22-11-18(8-9-18)12-2-4-13(19)5-3-12;/h2-7,10H,8-9,11H2,1H3,(H3,21,22,23);1H. The van der Waals surface area contributed by atoms with Gasteiger partial charge in [0.15, 0.2) is 5.96 Å². The number of hydrogen-bond acceptors (Lipinski definition) is 2. The largest absolute Gasteiger partial charge is 0.495 e. The number of nitrogens with one attached hydrogen (secondary N) is 1. The quantitative estimate of drug-likeness (QED) is 0.348. The Balaban J connectivity index is 0.00000225. The second-order valence-electron chi connectivity index (χ2n) is 5.96. The molecule has 1 saturated carbocycles. The smallest absolute Gasteiger partial charge is 0.193 e. The Morgan fingerprint density at radius 1 is 1.20 bits per heavy atom. The molecule has 25 heavy (non-hydrogen) atoms. The van der Waals surface area contributed by atoms with Gasteiger partial charge in [-0.25, -0.2) is 0 Å². The number of rotatable bonds is 5. The second kappa shape index (κ2) is 8.47. The number of anilines is 1. The monoisotopic (exact) mass is 491 g/mol. The number of halogens is 3. The first-order valence-electron chi connectivity index (χ1n) is 7.69. The molecule has 1 fully saturated rings. The van der Waals surface area contributed by atoms with Crippen LogP contribution in [0.1, 0.15) is 18.4 Å². The van der Waals surface area contributed by atoms with Crippen LogP contribution < -0.4 is 15.8 Å². The van der Waals surface area contributed by atoms with Crippen LogP contribution in [0.4, 0.5) is 5.69 Å². The van der Waals surface area contributed by atoms with Gasteiger partial charge in [0, 0.05) is 16.1 Å². The molecular weight excluding hydrogens is 472 g/mol. The maximum absolute atomic E-state index is 6.11. The summed E-state index contributed by atoms with van der Waals surface area (Å²) in [6, 6.07) is 13.4. The summed E-state index contributed by atoms with van der Waals surface area (Å²) in [5, 5.41) is 4.33. The van der Waals surface area contributed by atoms with Crippen LogP contribution >= 0.6 is 47.2 Å². The number of guanidine groups is 1. The molecule has 0 bridgehead atoms. The summed E-state index contributed by atoms with van der Waals surface area (Å²) in [4.78, 5) is 4.50. The number of ether oxygens (including phenoxy) is 1. The molecule has 0 saturated heterocycles. The van der Waals surface area contributed by atoms with Gasteiger partial charge >= 0.3 is 0 Å². The van der Waals surface area contributed by atoms with E-state index < -0.39 is 0 Å². The normalized spacial score (nSPS) is 15.2. The SMILES string of the molecule is COc1ccc(NC(N)=NCC2(c3ccc(Cl)cc3)CC2)cc1Cl.I. The van der Waals surface area contributed by atoms with Crippen molar-refractivity contribution in [2.24, 2.45) is 10.7 Å². The average Bonchev–Trinajstić information content (AvgIpc) is 3.35. The highest BCUT2D eigenvalue weighted by molar-refractivity contribution is 14.0. The summed E-state index contributed by atoms with van der Waals surface area (Å²) >= 11 is 12.1. The molecule has 7 heteroatoms. The predicted octanol–water partition coefficient (Wildman–Crippen LogP) is 5.08. The minimum atomic E-state index is 0. The van der Waals surface area contributed by atoms with Gasteiger partial charge in [0.05, 0.1) is 18.7 Å². The minimum absolute atomic E-state index is 0. The van der Waals surface area contributed by atoms with Crippen LogP contribution in [-0.2, 0) is 5.41 Å². The molecule has 0 aliphatic heterocycles. The summed E-state index contributed by atoms with van der Waals surface area (Å²) in [5.74, 6) is 0.994. The highest BCUT2D eigenvalue weighted by atomic mass is 127. The molecule has 2 aromatic carbocycles. The summed E-state index contributed by atoms with van der Waals surface area (Å²) in [6.45, 7) is 0.650. The van der Waals surface area contributed by atoms with Crippen LogP contribution in [0, 0.1) is 0 Å². The van der Waals surface area contributed by atoms with Crippen molar-refractivity contribution in [1.29, 1.82) is 0 Å². The van der Waals surface area contributed by atoms with Crippen molar-refractivity contribution in [3.63, 3.8) is 0 Å². The predicted molar refractivity (Wildman–Crippen MR) is 116 cm³/mol. The van der Waals surface area contributed by atoms with Crippen molar-refractivity contribution in [2.45, 2.75) is 18.3 Å². The van der Waals surface area contributed by atoms with Gasteiger partial charge in [-0.1, -0.05) is 35.3 Å². The van der Waals surface area contributed by atoms with E-state index in [-0.39, 0.29) is 29.4 Å². The van der Waals surface area contributed by atoms with Crippen LogP contribution in [0.2, 0.25) is 10.0 Å². The number of nitrogens with two attached hydrogens (primary N) is 1. The molecular formula is C18H20Cl2IN3O. The highest BCUT2D eigenvalue weighted by Crippen LogP contribution is 2.48. The fourth-order valence-electron chi connectivity index (χ4n) is 2.66. The zero-order chi connectivity index (χ0) is 17.2. The topological polar surface area (TPSA) is 59.6 Å². The second-order valence-corrected chi connectivity index (χ2v) is 6.81. The Kier molecular flexibility index (Phi) is 6.82. The van der Waals surface area contributed by atoms with Gasteiger partial charge in [-0.15, -0.1) is 24.0 Å². The van der Waals surface area contributed by atoms with Crippen LogP contribution in [0.25, 0.3) is 0 Å². The van der Waals surface area contributed by atoms with Crippen LogP contribution in [0.3, 0.4) is 0 Å². The molecule has 0 spiro atoms. The minimum Gasteiger partial charge on any atom is -0.495 e. The lowest BCUT2D eigenvalue weighted by molar-refractivity contribution is 0.415. The van der Waals surface area contributed by atoms with E-state index in [1.807, 2.05) is 18.2 Å². The lowest BCUT2D eigenvalue weighted by Gasteiger charge is -2.14. The Hall–Kier alpha value is -1.18. The number of hydrogen-bond donors (Lipinski definition) is 2. The summed E-state index contributed by atoms with van der Waals surface area (Å²) in [6.07, 6.45) is 2.22. The molecule has 0 amide bonds. The van der Waals surface area contributed by atoms with Crippen molar-refractivity contribution in [3.05, 3.63) is 58.1 Å². The van der Waals surface area contributed by atoms with Crippen molar-refractivity contribution in [2.75, 3.05) is 19.0 Å². The number of aliphatic imine (C=N–C) groups is 1. The molecule has 0 unspecified atom stereocenters. The van der Waals surface area contributed by atoms with Gasteiger partial charge in [0.2, 0.25) is 0 Å². The first-order chi connectivity index (χ1) is 11.5. The molecule has 134 valence electrons. The fourth-order valence-corrected chi connectivity index (χ4v) is 3.04. The molecule has 0 radical (unpaired) electrons. The third-order valence-corrected chi connectivity index (χ3v) is 4.83. The van der Waals surface area contributed by atoms with Gasteiger partial charge in [-0.05, 0) is 48.7 Å². The Morgan fingerprint density at radius 2 is 1.88 bits per heavy atom. The zero-order valence-corrected chi connectivity index (χ0v) is 17.6. The molecule has 1 aliphatic carbocycles. The Labute approximate surface area is 174 Å². The van der Waals surface area contributed by atoms with Gasteiger partial charge in [0.25, 0.3) is 0 Å². The number of benzene rings is 2. The molecule has 0 heterocycles. The van der Waals surface area contributed by atoms with Gasteiger partial charge in [0.1, 0.15) is 5.75 Å². The van der Waals surface area contributed by atoms with Gasteiger partial charge in [-0.2, -0.15) is 0 Å². The first-order valence-corrected chi connectivity index (χ1v) is 8.44. The third-order valence-electron chi connectivity index (χ3n) is 4.29. The van der Waals surface area contributed by atoms with Crippen molar-refractivity contribution >= 4 is 58.8 Å². The lowest BCUT2D eigenvalue weighted by atomic mass is 9.96. The molecule has 3 rings (SSSR count). The van der Waals surface area contributed by atoms with Crippen LogP contribution in [-0.4, -0.2) is 19.6 Å². The van der Waals surface area contributed by atoms with E-state index in [0.717, 1.165) is 23.6 Å². The first kappa shape index (κ1) is 20.1. The van der Waals surface area contributed by atoms with Crippen molar-refractivity contribution in [1.82, 2.24) is 0 Å². The number of nitrogens with zero attached hydrogens (tertiary/aromatic N) is 1. The van der Waals surface area contributed by atoms with E-state index in [4.69, 9.17) is 33.7 Å². The Morgan fingerprint density at radius 3 is 2.44 bits per heavy atom. The van der Waals surface area contributed by atoms with E-state index in [0.29, 0.717) is 23.3 Å². The molecule has 0 atom stereocenters. The van der Waals surface area contributed by atoms with Crippen molar-refractivity contribution in [3.8, 4) is 5.75 Å². The van der Waals surface area contributed by atoms with Gasteiger partial charge in [-0.3, -0.25) is 4.99 Å². The van der Waals surface area contributed by atoms with E-state index >= 15 is 0 Å². The lowest BCUT2D eigenvalue weighted by Crippen LogP contribution is -2.25. The molecule has 4 nitrogen and oxygen atoms in total. The van der Waals surface area contributed by atoms with E-state index in [1.165, 1.54) is 5.56 Å². The summed E-state index contributed by atoms with van der Waals surface area (Å²) in [5.41, 5.74) is 8.14. The van der Waals surface area contributed by atoms with Crippen molar-refractivity contribution < 1.29 is 4.74 Å².